The van der Waals surface area contributed by atoms with E-state index in [0.717, 1.165) is 116 Å². The van der Waals surface area contributed by atoms with E-state index in [1.165, 1.54) is 0 Å². The lowest BCUT2D eigenvalue weighted by Gasteiger charge is -2.28. The number of nitrogens with zero attached hydrogens (tertiary/aromatic N) is 4. The average Bonchev–Trinajstić information content (AvgIpc) is 1.61. The molecular formula is C83H88B2N5O11S2+. The molecule has 0 atom stereocenters. The minimum Gasteiger partial charge on any atom is -0.423 e. The van der Waals surface area contributed by atoms with E-state index in [1.54, 1.807) is 31.2 Å². The van der Waals surface area contributed by atoms with E-state index in [2.05, 4.69) is 180 Å². The van der Waals surface area contributed by atoms with E-state index in [-0.39, 0.29) is 18.7 Å². The molecule has 10 aromatic carbocycles. The van der Waals surface area contributed by atoms with Crippen LogP contribution in [0.4, 0.5) is 11.4 Å². The number of carbonyl (C=O) groups excluding carboxylic acids is 1. The lowest BCUT2D eigenvalue weighted by molar-refractivity contribution is -0.437. The van der Waals surface area contributed by atoms with Gasteiger partial charge in [-0.3, -0.25) is 23.7 Å². The Balaban J connectivity index is 0.958. The number of anilines is 1. The van der Waals surface area contributed by atoms with Crippen LogP contribution in [0.2, 0.25) is 0 Å². The number of hydrogen-bond donors (Lipinski definition) is 7. The molecule has 0 spiro atoms. The molecule has 2 aliphatic rings. The zero-order chi connectivity index (χ0) is 73.0. The summed E-state index contributed by atoms with van der Waals surface area (Å²) < 4.78 is 71.1. The summed E-state index contributed by atoms with van der Waals surface area (Å²) in [5.74, 6) is -1.03. The minimum atomic E-state index is -4.26. The van der Waals surface area contributed by atoms with Crippen molar-refractivity contribution in [2.24, 2.45) is 0 Å². The van der Waals surface area contributed by atoms with Crippen molar-refractivity contribution in [1.29, 1.82) is 0 Å². The van der Waals surface area contributed by atoms with Crippen LogP contribution in [0.15, 0.2) is 236 Å². The first kappa shape index (κ1) is 73.6. The molecule has 0 saturated carbocycles. The number of hydrogen-bond acceptors (Lipinski definition) is 12. The van der Waals surface area contributed by atoms with Gasteiger partial charge in [0, 0.05) is 98.9 Å². The van der Waals surface area contributed by atoms with Gasteiger partial charge in [0.2, 0.25) is 11.6 Å². The molecule has 16 nitrogen and oxygen atoms in total. The fraction of sp³-hybridized carbons (Fsp3) is 0.253. The molecule has 0 aliphatic carbocycles. The van der Waals surface area contributed by atoms with Crippen LogP contribution in [-0.4, -0.2) is 124 Å². The third-order valence-electron chi connectivity index (χ3n) is 20.3. The predicted octanol–water partition coefficient (Wildman–Crippen LogP) is 12.2. The first-order valence-electron chi connectivity index (χ1n) is 35.0. The summed E-state index contributed by atoms with van der Waals surface area (Å²) >= 11 is 0. The lowest BCUT2D eigenvalue weighted by Crippen LogP contribution is -2.36. The summed E-state index contributed by atoms with van der Waals surface area (Å²) in [5, 5.41) is 54.1. The van der Waals surface area contributed by atoms with Gasteiger partial charge in [-0.15, -0.1) is 0 Å². The Morgan fingerprint density at radius 3 is 1.61 bits per heavy atom. The second-order valence-corrected chi connectivity index (χ2v) is 31.4. The summed E-state index contributed by atoms with van der Waals surface area (Å²) in [6, 6.07) is 64.8. The highest BCUT2D eigenvalue weighted by Crippen LogP contribution is 2.51. The van der Waals surface area contributed by atoms with Crippen LogP contribution in [-0.2, 0) is 68.6 Å². The molecular weight excluding hydrogens is 1330 g/mol. The lowest BCUT2D eigenvalue weighted by atomic mass is 9.77. The van der Waals surface area contributed by atoms with Crippen LogP contribution in [0.5, 0.6) is 0 Å². The number of benzene rings is 10. The third kappa shape index (κ3) is 16.4. The number of rotatable bonds is 29. The van der Waals surface area contributed by atoms with Gasteiger partial charge in [0.05, 0.1) is 16.9 Å². The number of nitrogens with one attached hydrogen (secondary N) is 1. The molecule has 1 amide bonds. The molecule has 2 aliphatic heterocycles. The summed E-state index contributed by atoms with van der Waals surface area (Å²) in [6.45, 7) is 17.9. The fourth-order valence-electron chi connectivity index (χ4n) is 15.5. The van der Waals surface area contributed by atoms with Gasteiger partial charge in [-0.2, -0.15) is 21.4 Å². The standard InChI is InChI=1S/C83H87B2N5O11S2/c1-57(2)81(91)86-46-19-47-87(53-63-24-9-17-32-73(63)84(92)93)55-71-67-28-13-15-30-69(67)72(70-31-16-14-29-68(70)71)56-88(54-64-25-10-18-33-74(64)85(94)95)52-58-34-36-59(37-35-58)60(40-44-77-82(3,4)79-65-26-11-7-22-61(65)38-42-75(79)89(77)48-20-50-102(96,97)98)41-45-78-83(5,6)80-66-27-12-8-23-62(66)39-43-76(80)90(78)49-21-51-103(99,100)101/h7-18,22-45,92-95H,1,19-21,46-56H2,2-6H3,(H2-,86,91,96,97,98,99,100,101)/p+1. The molecule has 0 fully saturated rings. The highest BCUT2D eigenvalue weighted by Gasteiger charge is 2.46. The van der Waals surface area contributed by atoms with Gasteiger partial charge < -0.3 is 30.3 Å². The second-order valence-electron chi connectivity index (χ2n) is 28.2. The van der Waals surface area contributed by atoms with Gasteiger partial charge in [-0.1, -0.05) is 202 Å². The van der Waals surface area contributed by atoms with Crippen molar-refractivity contribution in [3.8, 4) is 0 Å². The van der Waals surface area contributed by atoms with E-state index in [0.29, 0.717) is 81.8 Å². The first-order valence-corrected chi connectivity index (χ1v) is 38.2. The maximum Gasteiger partial charge on any atom is 0.488 e. The molecule has 103 heavy (non-hydrogen) atoms. The smallest absolute Gasteiger partial charge is 0.423 e. The maximum atomic E-state index is 12.6. The van der Waals surface area contributed by atoms with Crippen molar-refractivity contribution < 1.29 is 55.4 Å². The number of fused-ring (bicyclic) bond motifs is 8. The van der Waals surface area contributed by atoms with Crippen LogP contribution in [0.25, 0.3) is 48.7 Å². The van der Waals surface area contributed by atoms with Crippen molar-refractivity contribution in [3.05, 3.63) is 281 Å². The van der Waals surface area contributed by atoms with Crippen LogP contribution in [0, 0.1) is 0 Å². The minimum absolute atomic E-state index is 0.169. The van der Waals surface area contributed by atoms with E-state index in [1.807, 2.05) is 72.8 Å². The highest BCUT2D eigenvalue weighted by atomic mass is 32.2. The van der Waals surface area contributed by atoms with Gasteiger partial charge in [0.15, 0.2) is 5.71 Å². The van der Waals surface area contributed by atoms with Crippen molar-refractivity contribution >= 4 is 117 Å². The molecule has 2 heterocycles. The van der Waals surface area contributed by atoms with Crippen molar-refractivity contribution in [1.82, 2.24) is 15.1 Å². The van der Waals surface area contributed by atoms with Crippen molar-refractivity contribution in [2.45, 2.75) is 97.4 Å². The largest absolute Gasteiger partial charge is 0.488 e. The quantitative estimate of drug-likeness (QED) is 0.00440. The molecule has 7 N–H and O–H groups in total. The number of carbonyl (C=O) groups is 1. The zero-order valence-electron chi connectivity index (χ0n) is 58.9. The predicted molar refractivity (Wildman–Crippen MR) is 418 cm³/mol. The Morgan fingerprint density at radius 2 is 1.06 bits per heavy atom. The SMILES string of the molecule is C=C(C)C(=O)NCCCN(Cc1ccccc1B(O)O)Cc1c2ccccc2c(CN(Cc2ccc(C(C=CC3=[N+](CCCS(=O)(=O)O)c4ccc5ccccc5c4C3(C)C)=CC=C3N(CCCS(=O)(=O)O)c4ccc5ccccc5c4C3(C)C)cc2)Cc2ccccc2B(O)O)c2ccccc12. The fourth-order valence-corrected chi connectivity index (χ4v) is 16.5. The van der Waals surface area contributed by atoms with Crippen molar-refractivity contribution in [3.63, 3.8) is 0 Å². The molecule has 12 rings (SSSR count). The summed E-state index contributed by atoms with van der Waals surface area (Å²) in [5.41, 5.74) is 12.4. The van der Waals surface area contributed by atoms with E-state index >= 15 is 0 Å². The van der Waals surface area contributed by atoms with E-state index < -0.39 is 56.8 Å². The summed E-state index contributed by atoms with van der Waals surface area (Å²) in [4.78, 5) is 19.4. The Kier molecular flexibility index (Phi) is 22.2. The topological polar surface area (TPSA) is 231 Å². The molecule has 0 unspecified atom stereocenters. The van der Waals surface area contributed by atoms with Crippen LogP contribution in [0.1, 0.15) is 98.4 Å². The van der Waals surface area contributed by atoms with Crippen LogP contribution in [0.3, 0.4) is 0 Å². The average molecular weight is 1420 g/mol. The molecule has 0 bridgehead atoms. The summed E-state index contributed by atoms with van der Waals surface area (Å²) in [6.07, 6.45) is 9.40. The maximum absolute atomic E-state index is 12.6. The molecule has 20 heteroatoms. The van der Waals surface area contributed by atoms with E-state index in [9.17, 15) is 50.8 Å². The van der Waals surface area contributed by atoms with Crippen LogP contribution >= 0.6 is 0 Å². The normalized spacial score (nSPS) is 14.9. The monoisotopic (exact) mass is 1420 g/mol. The summed E-state index contributed by atoms with van der Waals surface area (Å²) in [7, 11) is -11.9. The number of allylic oxidation sites excluding steroid dienone is 6. The second kappa shape index (κ2) is 31.0. The Hall–Kier alpha value is -9.15. The Bertz CT molecular complexity index is 5210. The van der Waals surface area contributed by atoms with Gasteiger partial charge >= 0.3 is 14.2 Å². The van der Waals surface area contributed by atoms with Gasteiger partial charge in [0.25, 0.3) is 20.2 Å². The van der Waals surface area contributed by atoms with Gasteiger partial charge in [-0.05, 0) is 156 Å². The molecule has 10 aromatic rings. The molecule has 0 radical (unpaired) electrons. The third-order valence-corrected chi connectivity index (χ3v) is 21.9. The van der Waals surface area contributed by atoms with Crippen molar-refractivity contribution in [2.75, 3.05) is 42.6 Å². The molecule has 528 valence electrons. The van der Waals surface area contributed by atoms with E-state index in [4.69, 9.17) is 0 Å². The molecule has 0 aromatic heterocycles. The Labute approximate surface area is 604 Å². The zero-order valence-corrected chi connectivity index (χ0v) is 60.5. The number of amides is 1. The van der Waals surface area contributed by atoms with Gasteiger partial charge in [0.1, 0.15) is 6.54 Å². The van der Waals surface area contributed by atoms with Gasteiger partial charge in [-0.25, -0.2) is 0 Å². The highest BCUT2D eigenvalue weighted by molar-refractivity contribution is 7.86. The van der Waals surface area contributed by atoms with Crippen LogP contribution < -0.4 is 21.1 Å². The first-order chi connectivity index (χ1) is 49.3. The Morgan fingerprint density at radius 1 is 0.563 bits per heavy atom. The molecule has 0 saturated heterocycles.